The number of hydrogen-bond donors (Lipinski definition) is 0. The Hall–Kier alpha value is -2.73. The van der Waals surface area contributed by atoms with E-state index in [1.165, 1.54) is 4.88 Å². The molecule has 0 N–H and O–H groups in total. The highest BCUT2D eigenvalue weighted by Crippen LogP contribution is 2.37. The maximum absolute atomic E-state index is 12.7. The average molecular weight is 377 g/mol. The van der Waals surface area contributed by atoms with Crippen LogP contribution < -0.4 is 0 Å². The molecule has 27 heavy (non-hydrogen) atoms. The van der Waals surface area contributed by atoms with Gasteiger partial charge in [-0.3, -0.25) is 0 Å². The second-order valence-electron chi connectivity index (χ2n) is 6.76. The molecule has 6 heteroatoms. The highest BCUT2D eigenvalue weighted by atomic mass is 32.1. The molecule has 5 nitrogen and oxygen atoms in total. The summed E-state index contributed by atoms with van der Waals surface area (Å²) in [4.78, 5) is 15.6. The van der Waals surface area contributed by atoms with Crippen LogP contribution in [0.4, 0.5) is 0 Å². The van der Waals surface area contributed by atoms with Crippen LogP contribution in [0.25, 0.3) is 26.8 Å². The predicted molar refractivity (Wildman–Crippen MR) is 107 cm³/mol. The van der Waals surface area contributed by atoms with Gasteiger partial charge in [-0.25, -0.2) is 4.79 Å². The van der Waals surface area contributed by atoms with Crippen molar-refractivity contribution in [2.75, 3.05) is 6.61 Å². The second kappa shape index (κ2) is 6.46. The Kier molecular flexibility index (Phi) is 3.93. The van der Waals surface area contributed by atoms with Crippen molar-refractivity contribution in [2.45, 2.75) is 32.6 Å². The van der Waals surface area contributed by atoms with Gasteiger partial charge >= 0.3 is 5.97 Å². The lowest BCUT2D eigenvalue weighted by molar-refractivity contribution is 0.0525. The van der Waals surface area contributed by atoms with Gasteiger partial charge in [0.15, 0.2) is 5.00 Å². The van der Waals surface area contributed by atoms with Crippen molar-refractivity contribution >= 4 is 39.1 Å². The summed E-state index contributed by atoms with van der Waals surface area (Å²) in [6, 6.07) is 12.2. The van der Waals surface area contributed by atoms with E-state index in [0.717, 1.165) is 58.1 Å². The molecule has 0 spiro atoms. The molecule has 2 aromatic carbocycles. The summed E-state index contributed by atoms with van der Waals surface area (Å²) in [6.07, 6.45) is 4.20. The van der Waals surface area contributed by atoms with E-state index in [2.05, 4.69) is 23.3 Å². The zero-order valence-corrected chi connectivity index (χ0v) is 15.9. The van der Waals surface area contributed by atoms with Crippen molar-refractivity contribution in [3.05, 3.63) is 52.4 Å². The minimum absolute atomic E-state index is 0.266. The lowest BCUT2D eigenvalue weighted by Gasteiger charge is -2.12. The standard InChI is InChI=1S/C21H19N3O2S/c1-2-26-21(25)18-15-9-5-6-10-17(15)27-20(18)24-22-16-12-11-13-7-3-4-8-14(13)19(16)23-24/h3-4,7-8,11-12H,2,5-6,9-10H2,1H3. The second-order valence-corrected chi connectivity index (χ2v) is 7.84. The molecule has 0 unspecified atom stereocenters. The fourth-order valence-electron chi connectivity index (χ4n) is 3.85. The summed E-state index contributed by atoms with van der Waals surface area (Å²) in [5.41, 5.74) is 3.47. The molecule has 136 valence electrons. The van der Waals surface area contributed by atoms with Crippen molar-refractivity contribution in [1.82, 2.24) is 15.0 Å². The Morgan fingerprint density at radius 2 is 2.00 bits per heavy atom. The Labute approximate surface area is 160 Å². The van der Waals surface area contributed by atoms with Crippen LogP contribution in [0.15, 0.2) is 36.4 Å². The first-order valence-electron chi connectivity index (χ1n) is 9.33. The fraction of sp³-hybridized carbons (Fsp3) is 0.286. The minimum Gasteiger partial charge on any atom is -0.462 e. The number of aryl methyl sites for hydroxylation is 1. The van der Waals surface area contributed by atoms with Gasteiger partial charge in [0.1, 0.15) is 16.6 Å². The van der Waals surface area contributed by atoms with E-state index in [1.54, 1.807) is 16.1 Å². The van der Waals surface area contributed by atoms with Crippen LogP contribution in [-0.2, 0) is 17.6 Å². The Morgan fingerprint density at radius 3 is 2.89 bits per heavy atom. The molecule has 0 radical (unpaired) electrons. The third-order valence-electron chi connectivity index (χ3n) is 5.09. The zero-order valence-electron chi connectivity index (χ0n) is 15.1. The highest BCUT2D eigenvalue weighted by molar-refractivity contribution is 7.15. The predicted octanol–water partition coefficient (Wildman–Crippen LogP) is 4.69. The molecule has 2 aromatic heterocycles. The molecule has 0 fully saturated rings. The Balaban J connectivity index is 1.73. The van der Waals surface area contributed by atoms with Gasteiger partial charge in [-0.1, -0.05) is 30.3 Å². The lowest BCUT2D eigenvalue weighted by Crippen LogP contribution is -2.12. The third-order valence-corrected chi connectivity index (χ3v) is 6.35. The monoisotopic (exact) mass is 377 g/mol. The number of aromatic nitrogens is 3. The van der Waals surface area contributed by atoms with E-state index >= 15 is 0 Å². The first-order chi connectivity index (χ1) is 13.3. The molecule has 0 saturated carbocycles. The van der Waals surface area contributed by atoms with Crippen molar-refractivity contribution in [1.29, 1.82) is 0 Å². The van der Waals surface area contributed by atoms with Gasteiger partial charge in [0.05, 0.1) is 6.61 Å². The number of fused-ring (bicyclic) bond motifs is 4. The van der Waals surface area contributed by atoms with Crippen LogP contribution in [0.2, 0.25) is 0 Å². The molecule has 0 bridgehead atoms. The average Bonchev–Trinajstić information content (AvgIpc) is 3.29. The number of rotatable bonds is 3. The molecule has 2 heterocycles. The SMILES string of the molecule is CCOC(=O)c1c(-n2nc3ccc4ccccc4c3n2)sc2c1CCCC2. The number of benzene rings is 2. The number of esters is 1. The van der Waals surface area contributed by atoms with E-state index in [1.807, 2.05) is 25.1 Å². The number of carbonyl (C=O) groups excluding carboxylic acids is 1. The topological polar surface area (TPSA) is 57.0 Å². The first kappa shape index (κ1) is 16.4. The molecule has 1 aliphatic carbocycles. The number of carbonyl (C=O) groups is 1. The Bertz CT molecular complexity index is 1180. The van der Waals surface area contributed by atoms with Crippen molar-refractivity contribution < 1.29 is 9.53 Å². The van der Waals surface area contributed by atoms with Crippen molar-refractivity contribution in [2.24, 2.45) is 0 Å². The smallest absolute Gasteiger partial charge is 0.341 e. The molecule has 0 saturated heterocycles. The molecule has 5 rings (SSSR count). The van der Waals surface area contributed by atoms with Gasteiger partial charge in [0, 0.05) is 10.3 Å². The first-order valence-corrected chi connectivity index (χ1v) is 10.1. The minimum atomic E-state index is -0.266. The van der Waals surface area contributed by atoms with Crippen molar-refractivity contribution in [3.63, 3.8) is 0 Å². The van der Waals surface area contributed by atoms with E-state index in [-0.39, 0.29) is 5.97 Å². The normalized spacial score (nSPS) is 13.8. The van der Waals surface area contributed by atoms with Gasteiger partial charge in [0.2, 0.25) is 0 Å². The summed E-state index contributed by atoms with van der Waals surface area (Å²) in [5, 5.41) is 12.4. The fourth-order valence-corrected chi connectivity index (χ4v) is 5.12. The zero-order chi connectivity index (χ0) is 18.4. The van der Waals surface area contributed by atoms with Gasteiger partial charge in [-0.2, -0.15) is 0 Å². The Morgan fingerprint density at radius 1 is 1.15 bits per heavy atom. The number of ether oxygens (including phenoxy) is 1. The number of thiophene rings is 1. The summed E-state index contributed by atoms with van der Waals surface area (Å²) in [7, 11) is 0. The molecule has 0 atom stereocenters. The molecular weight excluding hydrogens is 358 g/mol. The maximum atomic E-state index is 12.7. The van der Waals surface area contributed by atoms with Crippen LogP contribution in [-0.4, -0.2) is 27.6 Å². The number of nitrogens with zero attached hydrogens (tertiary/aromatic N) is 3. The van der Waals surface area contributed by atoms with E-state index in [4.69, 9.17) is 9.84 Å². The summed E-state index contributed by atoms with van der Waals surface area (Å²) < 4.78 is 5.36. The quantitative estimate of drug-likeness (QED) is 0.486. The largest absolute Gasteiger partial charge is 0.462 e. The van der Waals surface area contributed by atoms with E-state index in [0.29, 0.717) is 12.2 Å². The summed E-state index contributed by atoms with van der Waals surface area (Å²) >= 11 is 1.63. The molecule has 0 aliphatic heterocycles. The third kappa shape index (κ3) is 2.63. The van der Waals surface area contributed by atoms with E-state index in [9.17, 15) is 4.79 Å². The number of hydrogen-bond acceptors (Lipinski definition) is 5. The van der Waals surface area contributed by atoms with Gasteiger partial charge in [-0.15, -0.1) is 26.3 Å². The van der Waals surface area contributed by atoms with Gasteiger partial charge < -0.3 is 4.74 Å². The van der Waals surface area contributed by atoms with Crippen LogP contribution in [0.1, 0.15) is 40.6 Å². The van der Waals surface area contributed by atoms with Crippen molar-refractivity contribution in [3.8, 4) is 5.00 Å². The van der Waals surface area contributed by atoms with Crippen LogP contribution in [0, 0.1) is 0 Å². The van der Waals surface area contributed by atoms with Crippen LogP contribution in [0.5, 0.6) is 0 Å². The van der Waals surface area contributed by atoms with Crippen LogP contribution >= 0.6 is 11.3 Å². The van der Waals surface area contributed by atoms with Crippen LogP contribution in [0.3, 0.4) is 0 Å². The maximum Gasteiger partial charge on any atom is 0.341 e. The lowest BCUT2D eigenvalue weighted by atomic mass is 9.95. The van der Waals surface area contributed by atoms with Gasteiger partial charge in [-0.05, 0) is 49.6 Å². The van der Waals surface area contributed by atoms with E-state index < -0.39 is 0 Å². The molecule has 1 aliphatic rings. The molecule has 0 amide bonds. The molecular formula is C21H19N3O2S. The summed E-state index contributed by atoms with van der Waals surface area (Å²) in [5.74, 6) is -0.266. The highest BCUT2D eigenvalue weighted by Gasteiger charge is 2.28. The van der Waals surface area contributed by atoms with Gasteiger partial charge in [0.25, 0.3) is 0 Å². The summed E-state index contributed by atoms with van der Waals surface area (Å²) in [6.45, 7) is 2.20. The molecule has 4 aromatic rings.